The van der Waals surface area contributed by atoms with Gasteiger partial charge in [-0.3, -0.25) is 19.4 Å². The molecule has 1 aromatic rings. The number of rotatable bonds is 2. The molecule has 1 fully saturated rings. The predicted octanol–water partition coefficient (Wildman–Crippen LogP) is -0.193. The molecule has 1 aromatic carbocycles. The number of benzene rings is 1. The van der Waals surface area contributed by atoms with Crippen molar-refractivity contribution in [1.29, 1.82) is 0 Å². The Morgan fingerprint density at radius 3 is 1.65 bits per heavy atom. The number of aliphatic hydroxyl groups excluding tert-OH is 2. The molecule has 1 saturated heterocycles. The van der Waals surface area contributed by atoms with Gasteiger partial charge in [-0.2, -0.15) is 0 Å². The van der Waals surface area contributed by atoms with Gasteiger partial charge in [-0.05, 0) is 35.1 Å². The number of amides is 4. The maximum Gasteiger partial charge on any atom is 0.332 e. The number of carbonyl (C=O) groups is 3. The highest BCUT2D eigenvalue weighted by Crippen LogP contribution is 2.43. The molecule has 1 spiro atoms. The summed E-state index contributed by atoms with van der Waals surface area (Å²) in [4.78, 5) is 39.2. The fourth-order valence-electron chi connectivity index (χ4n) is 3.56. The number of fused-ring (bicyclic) bond motifs is 1. The molecule has 7 heteroatoms. The van der Waals surface area contributed by atoms with Crippen LogP contribution in [0.15, 0.2) is 12.1 Å². The Hall–Kier alpha value is -2.25. The summed E-state index contributed by atoms with van der Waals surface area (Å²) in [6, 6.07) is 2.83. The highest BCUT2D eigenvalue weighted by Gasteiger charge is 2.57. The lowest BCUT2D eigenvalue weighted by Gasteiger charge is -2.39. The van der Waals surface area contributed by atoms with Crippen molar-refractivity contribution in [3.63, 3.8) is 0 Å². The Morgan fingerprint density at radius 1 is 0.913 bits per heavy atom. The number of barbiturate groups is 1. The molecule has 122 valence electrons. The summed E-state index contributed by atoms with van der Waals surface area (Å²) in [5.74, 6) is -1.00. The maximum absolute atomic E-state index is 12.7. The van der Waals surface area contributed by atoms with Crippen LogP contribution in [0.1, 0.15) is 22.3 Å². The Morgan fingerprint density at radius 2 is 1.30 bits per heavy atom. The minimum Gasteiger partial charge on any atom is -0.392 e. The second-order valence-corrected chi connectivity index (χ2v) is 6.15. The molecule has 0 saturated carbocycles. The standard InChI is InChI=1S/C16H18N2O5/c1-17-13(21)16(14(22)18(2)15(17)23)5-9-3-11(7-19)12(8-20)4-10(9)6-16/h3-4,19-20H,5-8H2,1-2H3. The van der Waals surface area contributed by atoms with Crippen molar-refractivity contribution < 1.29 is 24.6 Å². The van der Waals surface area contributed by atoms with Crippen molar-refractivity contribution in [2.75, 3.05) is 14.1 Å². The summed E-state index contributed by atoms with van der Waals surface area (Å²) in [6.07, 6.45) is 0.390. The lowest BCUT2D eigenvalue weighted by Crippen LogP contribution is -2.63. The first-order valence-electron chi connectivity index (χ1n) is 7.31. The monoisotopic (exact) mass is 318 g/mol. The molecule has 1 heterocycles. The minimum atomic E-state index is -1.31. The second kappa shape index (κ2) is 5.14. The van der Waals surface area contributed by atoms with Crippen LogP contribution in [0.2, 0.25) is 0 Å². The summed E-state index contributed by atoms with van der Waals surface area (Å²) in [7, 11) is 2.74. The zero-order chi connectivity index (χ0) is 16.9. The van der Waals surface area contributed by atoms with Gasteiger partial charge >= 0.3 is 6.03 Å². The van der Waals surface area contributed by atoms with Crippen LogP contribution in [0.3, 0.4) is 0 Å². The van der Waals surface area contributed by atoms with Crippen molar-refractivity contribution in [2.45, 2.75) is 26.1 Å². The molecule has 2 N–H and O–H groups in total. The molecule has 0 radical (unpaired) electrons. The van der Waals surface area contributed by atoms with Crippen LogP contribution in [0, 0.1) is 5.41 Å². The lowest BCUT2D eigenvalue weighted by molar-refractivity contribution is -0.156. The van der Waals surface area contributed by atoms with Crippen molar-refractivity contribution in [3.8, 4) is 0 Å². The SMILES string of the molecule is CN1C(=O)N(C)C(=O)C2(Cc3cc(CO)c(CO)cc3C2)C1=O. The van der Waals surface area contributed by atoms with Gasteiger partial charge in [-0.15, -0.1) is 0 Å². The molecule has 1 aliphatic carbocycles. The smallest absolute Gasteiger partial charge is 0.332 e. The number of imide groups is 2. The topological polar surface area (TPSA) is 98.2 Å². The molecule has 4 amide bonds. The Kier molecular flexibility index (Phi) is 3.50. The molecule has 2 aliphatic rings. The molecular weight excluding hydrogens is 300 g/mol. The highest BCUT2D eigenvalue weighted by molar-refractivity contribution is 6.19. The van der Waals surface area contributed by atoms with Gasteiger partial charge in [0.2, 0.25) is 11.8 Å². The summed E-state index contributed by atoms with van der Waals surface area (Å²) in [5.41, 5.74) is 1.45. The molecule has 0 atom stereocenters. The molecule has 23 heavy (non-hydrogen) atoms. The Labute approximate surface area is 133 Å². The normalized spacial score (nSPS) is 19.7. The zero-order valence-electron chi connectivity index (χ0n) is 13.0. The second-order valence-electron chi connectivity index (χ2n) is 6.15. The largest absolute Gasteiger partial charge is 0.392 e. The lowest BCUT2D eigenvalue weighted by atomic mass is 9.80. The van der Waals surface area contributed by atoms with Crippen LogP contribution in [0.4, 0.5) is 4.79 Å². The zero-order valence-corrected chi connectivity index (χ0v) is 13.0. The molecular formula is C16H18N2O5. The van der Waals surface area contributed by atoms with Crippen molar-refractivity contribution in [2.24, 2.45) is 5.41 Å². The molecule has 0 bridgehead atoms. The summed E-state index contributed by atoms with van der Waals surface area (Å²) < 4.78 is 0. The summed E-state index contributed by atoms with van der Waals surface area (Å²) in [5, 5.41) is 18.8. The minimum absolute atomic E-state index is 0.195. The molecule has 1 aliphatic heterocycles. The van der Waals surface area contributed by atoms with Gasteiger partial charge in [0.25, 0.3) is 0 Å². The van der Waals surface area contributed by atoms with Gasteiger partial charge in [0.05, 0.1) is 13.2 Å². The van der Waals surface area contributed by atoms with E-state index in [4.69, 9.17) is 0 Å². The molecule has 0 unspecified atom stereocenters. The van der Waals surface area contributed by atoms with E-state index < -0.39 is 23.3 Å². The van der Waals surface area contributed by atoms with E-state index in [1.54, 1.807) is 12.1 Å². The first-order valence-corrected chi connectivity index (χ1v) is 7.31. The van der Waals surface area contributed by atoms with Crippen LogP contribution in [0.5, 0.6) is 0 Å². The number of hydrogen-bond donors (Lipinski definition) is 2. The first kappa shape index (κ1) is 15.6. The third-order valence-corrected chi connectivity index (χ3v) is 4.85. The molecule has 7 nitrogen and oxygen atoms in total. The highest BCUT2D eigenvalue weighted by atomic mass is 16.3. The van der Waals surface area contributed by atoms with Crippen LogP contribution < -0.4 is 0 Å². The third-order valence-electron chi connectivity index (χ3n) is 4.85. The average molecular weight is 318 g/mol. The van der Waals surface area contributed by atoms with E-state index in [0.29, 0.717) is 11.1 Å². The maximum atomic E-state index is 12.7. The van der Waals surface area contributed by atoms with Crippen LogP contribution in [0.25, 0.3) is 0 Å². The van der Waals surface area contributed by atoms with Gasteiger partial charge < -0.3 is 10.2 Å². The summed E-state index contributed by atoms with van der Waals surface area (Å²) in [6.45, 7) is -0.452. The van der Waals surface area contributed by atoms with E-state index in [2.05, 4.69) is 0 Å². The number of aliphatic hydroxyl groups is 2. The van der Waals surface area contributed by atoms with Gasteiger partial charge in [-0.1, -0.05) is 12.1 Å². The van der Waals surface area contributed by atoms with Crippen LogP contribution in [-0.2, 0) is 35.6 Å². The fourth-order valence-corrected chi connectivity index (χ4v) is 3.56. The Balaban J connectivity index is 2.07. The number of nitrogens with zero attached hydrogens (tertiary/aromatic N) is 2. The molecule has 0 aromatic heterocycles. The quantitative estimate of drug-likeness (QED) is 0.736. The van der Waals surface area contributed by atoms with Gasteiger partial charge in [-0.25, -0.2) is 4.79 Å². The van der Waals surface area contributed by atoms with E-state index in [-0.39, 0.29) is 26.1 Å². The number of urea groups is 1. The van der Waals surface area contributed by atoms with Crippen LogP contribution in [-0.4, -0.2) is 52.0 Å². The van der Waals surface area contributed by atoms with Gasteiger partial charge in [0, 0.05) is 14.1 Å². The van der Waals surface area contributed by atoms with Gasteiger partial charge in [0.15, 0.2) is 0 Å². The van der Waals surface area contributed by atoms with Crippen molar-refractivity contribution >= 4 is 17.8 Å². The van der Waals surface area contributed by atoms with E-state index in [1.807, 2.05) is 0 Å². The van der Waals surface area contributed by atoms with Gasteiger partial charge in [0.1, 0.15) is 5.41 Å². The van der Waals surface area contributed by atoms with Crippen molar-refractivity contribution in [3.05, 3.63) is 34.4 Å². The third kappa shape index (κ3) is 2.00. The van der Waals surface area contributed by atoms with E-state index in [0.717, 1.165) is 20.9 Å². The fraction of sp³-hybridized carbons (Fsp3) is 0.438. The summed E-state index contributed by atoms with van der Waals surface area (Å²) >= 11 is 0. The van der Waals surface area contributed by atoms with E-state index in [1.165, 1.54) is 14.1 Å². The van der Waals surface area contributed by atoms with Crippen LogP contribution >= 0.6 is 0 Å². The molecule has 3 rings (SSSR count). The average Bonchev–Trinajstić information content (AvgIpc) is 2.95. The van der Waals surface area contributed by atoms with E-state index >= 15 is 0 Å². The Bertz CT molecular complexity index is 668. The number of hydrogen-bond acceptors (Lipinski definition) is 5. The predicted molar refractivity (Wildman–Crippen MR) is 79.1 cm³/mol. The van der Waals surface area contributed by atoms with Crippen molar-refractivity contribution in [1.82, 2.24) is 9.80 Å². The first-order chi connectivity index (χ1) is 10.9. The van der Waals surface area contributed by atoms with E-state index in [9.17, 15) is 24.6 Å². The number of carbonyl (C=O) groups excluding carboxylic acids is 3.